The van der Waals surface area contributed by atoms with Crippen LogP contribution in [0.1, 0.15) is 30.0 Å². The maximum atomic E-state index is 12.4. The summed E-state index contributed by atoms with van der Waals surface area (Å²) < 4.78 is 14.2. The SMILES string of the molecule is CC[C@@H](c1ccccc1)[S@](=O)Cc1nncn1C. The van der Waals surface area contributed by atoms with Gasteiger partial charge < -0.3 is 4.57 Å². The van der Waals surface area contributed by atoms with Crippen molar-refractivity contribution in [3.63, 3.8) is 0 Å². The van der Waals surface area contributed by atoms with Crippen LogP contribution >= 0.6 is 0 Å². The van der Waals surface area contributed by atoms with Crippen molar-refractivity contribution in [1.29, 1.82) is 0 Å². The second kappa shape index (κ2) is 5.91. The number of benzene rings is 1. The van der Waals surface area contributed by atoms with E-state index in [0.717, 1.165) is 17.8 Å². The van der Waals surface area contributed by atoms with Gasteiger partial charge in [0.2, 0.25) is 0 Å². The summed E-state index contributed by atoms with van der Waals surface area (Å²) in [5.41, 5.74) is 1.13. The van der Waals surface area contributed by atoms with Crippen molar-refractivity contribution >= 4 is 10.8 Å². The summed E-state index contributed by atoms with van der Waals surface area (Å²) in [7, 11) is 0.899. The summed E-state index contributed by atoms with van der Waals surface area (Å²) >= 11 is 0. The third kappa shape index (κ3) is 2.85. The first kappa shape index (κ1) is 13.0. The number of hydrogen-bond acceptors (Lipinski definition) is 3. The highest BCUT2D eigenvalue weighted by atomic mass is 32.2. The van der Waals surface area contributed by atoms with Gasteiger partial charge >= 0.3 is 0 Å². The maximum absolute atomic E-state index is 12.4. The Bertz CT molecular complexity index is 524. The number of aromatic nitrogens is 3. The van der Waals surface area contributed by atoms with E-state index in [4.69, 9.17) is 0 Å². The average Bonchev–Trinajstić information content (AvgIpc) is 2.77. The summed E-state index contributed by atoms with van der Waals surface area (Å²) in [5, 5.41) is 7.86. The molecular weight excluding hydrogens is 246 g/mol. The Hall–Kier alpha value is -1.49. The number of rotatable bonds is 5. The van der Waals surface area contributed by atoms with Crippen molar-refractivity contribution in [2.75, 3.05) is 0 Å². The molecule has 0 spiro atoms. The van der Waals surface area contributed by atoms with Crippen LogP contribution in [0.3, 0.4) is 0 Å². The minimum atomic E-state index is -0.972. The van der Waals surface area contributed by atoms with Crippen molar-refractivity contribution in [3.8, 4) is 0 Å². The number of nitrogens with zero attached hydrogens (tertiary/aromatic N) is 3. The van der Waals surface area contributed by atoms with Crippen LogP contribution in [0, 0.1) is 0 Å². The summed E-state index contributed by atoms with van der Waals surface area (Å²) in [6.45, 7) is 2.06. The van der Waals surface area contributed by atoms with Crippen LogP contribution in [-0.4, -0.2) is 19.0 Å². The topological polar surface area (TPSA) is 47.8 Å². The zero-order valence-electron chi connectivity index (χ0n) is 10.6. The van der Waals surface area contributed by atoms with Gasteiger partial charge in [0, 0.05) is 17.8 Å². The van der Waals surface area contributed by atoms with Gasteiger partial charge in [-0.25, -0.2) is 0 Å². The molecule has 0 bridgehead atoms. The first-order valence-corrected chi connectivity index (χ1v) is 7.35. The molecule has 0 aliphatic carbocycles. The van der Waals surface area contributed by atoms with E-state index in [1.54, 1.807) is 6.33 Å². The smallest absolute Gasteiger partial charge is 0.145 e. The average molecular weight is 263 g/mol. The van der Waals surface area contributed by atoms with E-state index < -0.39 is 10.8 Å². The number of aryl methyl sites for hydroxylation is 1. The van der Waals surface area contributed by atoms with Crippen LogP contribution in [0.25, 0.3) is 0 Å². The quantitative estimate of drug-likeness (QED) is 0.831. The molecule has 0 N–H and O–H groups in total. The van der Waals surface area contributed by atoms with E-state index in [-0.39, 0.29) is 5.25 Å². The van der Waals surface area contributed by atoms with Gasteiger partial charge in [0.15, 0.2) is 0 Å². The minimum Gasteiger partial charge on any atom is -0.320 e. The standard InChI is InChI=1S/C13H17N3OS/c1-3-12(11-7-5-4-6-8-11)18(17)9-13-15-14-10-16(13)2/h4-8,10,12H,3,9H2,1-2H3/t12-,18+/m0/s1. The van der Waals surface area contributed by atoms with Gasteiger partial charge in [-0.2, -0.15) is 0 Å². The lowest BCUT2D eigenvalue weighted by Crippen LogP contribution is -2.10. The molecule has 0 radical (unpaired) electrons. The van der Waals surface area contributed by atoms with Gasteiger partial charge in [-0.15, -0.1) is 10.2 Å². The van der Waals surface area contributed by atoms with Crippen LogP contribution < -0.4 is 0 Å². The molecule has 96 valence electrons. The number of hydrogen-bond donors (Lipinski definition) is 0. The molecule has 2 rings (SSSR count). The molecule has 0 saturated carbocycles. The van der Waals surface area contributed by atoms with Gasteiger partial charge in [-0.1, -0.05) is 37.3 Å². The van der Waals surface area contributed by atoms with Crippen molar-refractivity contribution in [2.24, 2.45) is 7.05 Å². The highest BCUT2D eigenvalue weighted by molar-refractivity contribution is 7.84. The van der Waals surface area contributed by atoms with Gasteiger partial charge in [-0.05, 0) is 12.0 Å². The van der Waals surface area contributed by atoms with Crippen molar-refractivity contribution in [2.45, 2.75) is 24.3 Å². The second-order valence-corrected chi connectivity index (χ2v) is 5.81. The lowest BCUT2D eigenvalue weighted by Gasteiger charge is -2.14. The fourth-order valence-corrected chi connectivity index (χ4v) is 3.46. The van der Waals surface area contributed by atoms with Gasteiger partial charge in [-0.3, -0.25) is 4.21 Å². The first-order valence-electron chi connectivity index (χ1n) is 5.97. The van der Waals surface area contributed by atoms with Crippen molar-refractivity contribution in [3.05, 3.63) is 48.0 Å². The summed E-state index contributed by atoms with van der Waals surface area (Å²) in [6, 6.07) is 10.0. The molecular formula is C13H17N3OS. The Balaban J connectivity index is 2.14. The highest BCUT2D eigenvalue weighted by Crippen LogP contribution is 2.24. The minimum absolute atomic E-state index is 0.0582. The van der Waals surface area contributed by atoms with Gasteiger partial charge in [0.25, 0.3) is 0 Å². The zero-order chi connectivity index (χ0) is 13.0. The predicted molar refractivity (Wildman–Crippen MR) is 72.3 cm³/mol. The van der Waals surface area contributed by atoms with Gasteiger partial charge in [0.05, 0.1) is 11.0 Å². The molecule has 18 heavy (non-hydrogen) atoms. The Morgan fingerprint density at radius 3 is 2.61 bits per heavy atom. The molecule has 0 saturated heterocycles. The normalized spacial score (nSPS) is 14.3. The summed E-state index contributed by atoms with van der Waals surface area (Å²) in [6.07, 6.45) is 2.49. The van der Waals surface area contributed by atoms with E-state index in [1.807, 2.05) is 41.9 Å². The molecule has 0 amide bonds. The van der Waals surface area contributed by atoms with E-state index in [1.165, 1.54) is 0 Å². The van der Waals surface area contributed by atoms with Crippen LogP contribution in [0.15, 0.2) is 36.7 Å². The van der Waals surface area contributed by atoms with Crippen LogP contribution in [-0.2, 0) is 23.6 Å². The molecule has 1 aromatic heterocycles. The largest absolute Gasteiger partial charge is 0.320 e. The monoisotopic (exact) mass is 263 g/mol. The highest BCUT2D eigenvalue weighted by Gasteiger charge is 2.18. The molecule has 0 aliphatic rings. The molecule has 1 heterocycles. The molecule has 0 aliphatic heterocycles. The van der Waals surface area contributed by atoms with Crippen LogP contribution in [0.5, 0.6) is 0 Å². The Kier molecular flexibility index (Phi) is 4.25. The van der Waals surface area contributed by atoms with Crippen LogP contribution in [0.2, 0.25) is 0 Å². The maximum Gasteiger partial charge on any atom is 0.145 e. The van der Waals surface area contributed by atoms with E-state index in [2.05, 4.69) is 17.1 Å². The van der Waals surface area contributed by atoms with E-state index in [0.29, 0.717) is 5.75 Å². The van der Waals surface area contributed by atoms with Crippen LogP contribution in [0.4, 0.5) is 0 Å². The molecule has 2 aromatic rings. The third-order valence-corrected chi connectivity index (χ3v) is 4.72. The fourth-order valence-electron chi connectivity index (χ4n) is 1.91. The summed E-state index contributed by atoms with van der Waals surface area (Å²) in [5.74, 6) is 1.21. The molecule has 0 fully saturated rings. The molecule has 4 nitrogen and oxygen atoms in total. The fraction of sp³-hybridized carbons (Fsp3) is 0.385. The lowest BCUT2D eigenvalue weighted by atomic mass is 10.1. The van der Waals surface area contributed by atoms with E-state index in [9.17, 15) is 4.21 Å². The zero-order valence-corrected chi connectivity index (χ0v) is 11.4. The Morgan fingerprint density at radius 2 is 2.06 bits per heavy atom. The Labute approximate surface area is 110 Å². The summed E-state index contributed by atoms with van der Waals surface area (Å²) in [4.78, 5) is 0. The second-order valence-electron chi connectivity index (χ2n) is 4.19. The predicted octanol–water partition coefficient (Wildman–Crippen LogP) is 2.22. The van der Waals surface area contributed by atoms with Gasteiger partial charge in [0.1, 0.15) is 12.2 Å². The third-order valence-electron chi connectivity index (χ3n) is 2.94. The molecule has 0 unspecified atom stereocenters. The van der Waals surface area contributed by atoms with E-state index >= 15 is 0 Å². The Morgan fingerprint density at radius 1 is 1.33 bits per heavy atom. The molecule has 1 aromatic carbocycles. The lowest BCUT2D eigenvalue weighted by molar-refractivity contribution is 0.664. The molecule has 2 atom stereocenters. The van der Waals surface area contributed by atoms with Crippen molar-refractivity contribution in [1.82, 2.24) is 14.8 Å². The van der Waals surface area contributed by atoms with Crippen molar-refractivity contribution < 1.29 is 4.21 Å². The first-order chi connectivity index (χ1) is 8.72. The molecule has 5 heteroatoms.